The monoisotopic (exact) mass is 397 g/mol. The lowest BCUT2D eigenvalue weighted by Gasteiger charge is -2.08. The summed E-state index contributed by atoms with van der Waals surface area (Å²) < 4.78 is 0. The van der Waals surface area contributed by atoms with E-state index in [-0.39, 0.29) is 12.4 Å². The van der Waals surface area contributed by atoms with Crippen LogP contribution in [-0.4, -0.2) is 25.5 Å². The molecule has 0 amide bonds. The highest BCUT2D eigenvalue weighted by Crippen LogP contribution is 2.12. The Labute approximate surface area is 177 Å². The van der Waals surface area contributed by atoms with Gasteiger partial charge in [-0.05, 0) is 34.0 Å². The van der Waals surface area contributed by atoms with E-state index in [0.29, 0.717) is 0 Å². The van der Waals surface area contributed by atoms with Crippen LogP contribution in [-0.2, 0) is 0 Å². The Hall–Kier alpha value is -0.530. The van der Waals surface area contributed by atoms with Gasteiger partial charge < -0.3 is 4.90 Å². The van der Waals surface area contributed by atoms with Gasteiger partial charge in [0.15, 0.2) is 0 Å². The smallest absolute Gasteiger partial charge is 0.00248 e. The lowest BCUT2D eigenvalue weighted by atomic mass is 10.0. The third-order valence-electron chi connectivity index (χ3n) is 4.90. The topological polar surface area (TPSA) is 3.24 Å². The van der Waals surface area contributed by atoms with Crippen LogP contribution in [0.25, 0.3) is 0 Å². The van der Waals surface area contributed by atoms with E-state index < -0.39 is 0 Å². The predicted molar refractivity (Wildman–Crippen MR) is 127 cm³/mol. The van der Waals surface area contributed by atoms with Gasteiger partial charge in [-0.2, -0.15) is 0 Å². The number of nitrogens with zero attached hydrogens (tertiary/aromatic N) is 1. The van der Waals surface area contributed by atoms with E-state index in [9.17, 15) is 0 Å². The molecule has 0 unspecified atom stereocenters. The third-order valence-corrected chi connectivity index (χ3v) is 4.90. The standard InChI is InChI=1S/C18H39N.C7H8.ClH/c1-4-5-6-7-8-9-10-11-12-13-14-15-16-17-18-19(2)3;1-7-5-3-2-4-6-7;/h4-18H2,1-3H3;2-6H,1H3;1H. The van der Waals surface area contributed by atoms with Crippen molar-refractivity contribution in [1.29, 1.82) is 0 Å². The zero-order chi connectivity index (χ0) is 19.3. The van der Waals surface area contributed by atoms with E-state index in [1.807, 2.05) is 18.2 Å². The maximum atomic E-state index is 2.29. The van der Waals surface area contributed by atoms with E-state index in [4.69, 9.17) is 0 Å². The number of hydrogen-bond acceptors (Lipinski definition) is 1. The van der Waals surface area contributed by atoms with Crippen LogP contribution in [0.3, 0.4) is 0 Å². The molecule has 160 valence electrons. The first-order valence-electron chi connectivity index (χ1n) is 11.3. The minimum Gasteiger partial charge on any atom is -0.309 e. The van der Waals surface area contributed by atoms with Crippen LogP contribution < -0.4 is 0 Å². The first-order valence-corrected chi connectivity index (χ1v) is 11.3. The van der Waals surface area contributed by atoms with Crippen molar-refractivity contribution in [1.82, 2.24) is 4.90 Å². The Morgan fingerprint density at radius 3 is 1.26 bits per heavy atom. The van der Waals surface area contributed by atoms with Gasteiger partial charge in [-0.15, -0.1) is 12.4 Å². The summed E-state index contributed by atoms with van der Waals surface area (Å²) in [6, 6.07) is 10.3. The van der Waals surface area contributed by atoms with Gasteiger partial charge in [-0.25, -0.2) is 0 Å². The van der Waals surface area contributed by atoms with Crippen molar-refractivity contribution in [3.63, 3.8) is 0 Å². The molecule has 0 aliphatic rings. The average molecular weight is 398 g/mol. The second-order valence-corrected chi connectivity index (χ2v) is 8.05. The molecule has 0 heterocycles. The van der Waals surface area contributed by atoms with E-state index in [0.717, 1.165) is 0 Å². The Kier molecular flexibility index (Phi) is 25.0. The molecule has 0 fully saturated rings. The fourth-order valence-corrected chi connectivity index (χ4v) is 3.16. The molecule has 1 aromatic rings. The molecule has 0 spiro atoms. The van der Waals surface area contributed by atoms with Crippen molar-refractivity contribution in [2.75, 3.05) is 20.6 Å². The quantitative estimate of drug-likeness (QED) is 0.268. The minimum atomic E-state index is 0. The fourth-order valence-electron chi connectivity index (χ4n) is 3.16. The molecule has 0 aliphatic heterocycles. The highest BCUT2D eigenvalue weighted by molar-refractivity contribution is 5.85. The van der Waals surface area contributed by atoms with Gasteiger partial charge in [0.25, 0.3) is 0 Å². The molecule has 2 heteroatoms. The van der Waals surface area contributed by atoms with Crippen molar-refractivity contribution in [2.45, 2.75) is 104 Å². The van der Waals surface area contributed by atoms with Gasteiger partial charge in [-0.3, -0.25) is 0 Å². The maximum absolute atomic E-state index is 2.29. The summed E-state index contributed by atoms with van der Waals surface area (Å²) in [6.07, 6.45) is 20.3. The molecule has 0 saturated heterocycles. The Morgan fingerprint density at radius 2 is 0.963 bits per heavy atom. The molecule has 0 aliphatic carbocycles. The minimum absolute atomic E-state index is 0. The molecular formula is C25H48ClN. The summed E-state index contributed by atoms with van der Waals surface area (Å²) in [5.74, 6) is 0. The van der Waals surface area contributed by atoms with E-state index in [1.165, 1.54) is 102 Å². The van der Waals surface area contributed by atoms with Crippen LogP contribution in [0.1, 0.15) is 102 Å². The lowest BCUT2D eigenvalue weighted by Crippen LogP contribution is -2.12. The van der Waals surface area contributed by atoms with Crippen LogP contribution in [0.15, 0.2) is 30.3 Å². The van der Waals surface area contributed by atoms with Crippen molar-refractivity contribution < 1.29 is 0 Å². The van der Waals surface area contributed by atoms with Gasteiger partial charge in [0, 0.05) is 0 Å². The zero-order valence-corrected chi connectivity index (χ0v) is 19.7. The molecule has 1 aromatic carbocycles. The van der Waals surface area contributed by atoms with Crippen molar-refractivity contribution in [3.05, 3.63) is 35.9 Å². The summed E-state index contributed by atoms with van der Waals surface area (Å²) in [5, 5.41) is 0. The van der Waals surface area contributed by atoms with Crippen molar-refractivity contribution in [3.8, 4) is 0 Å². The Bertz CT molecular complexity index is 364. The SMILES string of the molecule is CCCCCCCCCCCCCCCCN(C)C.Cc1ccccc1.Cl. The van der Waals surface area contributed by atoms with Gasteiger partial charge in [0.05, 0.1) is 0 Å². The highest BCUT2D eigenvalue weighted by Gasteiger charge is 1.94. The molecule has 0 saturated carbocycles. The summed E-state index contributed by atoms with van der Waals surface area (Å²) in [7, 11) is 4.34. The lowest BCUT2D eigenvalue weighted by molar-refractivity contribution is 0.389. The Balaban J connectivity index is 0. The van der Waals surface area contributed by atoms with Gasteiger partial charge in [-0.1, -0.05) is 126 Å². The maximum Gasteiger partial charge on any atom is -0.00248 e. The molecule has 0 N–H and O–H groups in total. The van der Waals surface area contributed by atoms with Gasteiger partial charge in [0.1, 0.15) is 0 Å². The summed E-state index contributed by atoms with van der Waals surface area (Å²) >= 11 is 0. The molecule has 0 aromatic heterocycles. The second kappa shape index (κ2) is 23.5. The largest absolute Gasteiger partial charge is 0.309 e. The molecule has 1 nitrogen and oxygen atoms in total. The van der Waals surface area contributed by atoms with Crippen LogP contribution in [0.2, 0.25) is 0 Å². The molecule has 0 radical (unpaired) electrons. The molecule has 0 atom stereocenters. The first kappa shape index (κ1) is 28.7. The van der Waals surface area contributed by atoms with Crippen LogP contribution in [0, 0.1) is 6.92 Å². The highest BCUT2D eigenvalue weighted by atomic mass is 35.5. The van der Waals surface area contributed by atoms with E-state index >= 15 is 0 Å². The molecular weight excluding hydrogens is 350 g/mol. The third kappa shape index (κ3) is 25.5. The van der Waals surface area contributed by atoms with Crippen molar-refractivity contribution in [2.24, 2.45) is 0 Å². The number of unbranched alkanes of at least 4 members (excludes halogenated alkanes) is 13. The first-order chi connectivity index (χ1) is 12.7. The molecule has 27 heavy (non-hydrogen) atoms. The normalized spacial score (nSPS) is 10.3. The van der Waals surface area contributed by atoms with Crippen LogP contribution in [0.4, 0.5) is 0 Å². The summed E-state index contributed by atoms with van der Waals surface area (Å²) in [5.41, 5.74) is 1.32. The van der Waals surface area contributed by atoms with Crippen molar-refractivity contribution >= 4 is 12.4 Å². The average Bonchev–Trinajstić information content (AvgIpc) is 2.63. The van der Waals surface area contributed by atoms with Crippen LogP contribution in [0.5, 0.6) is 0 Å². The number of aryl methyl sites for hydroxylation is 1. The van der Waals surface area contributed by atoms with E-state index in [1.54, 1.807) is 0 Å². The predicted octanol–water partition coefficient (Wildman–Crippen LogP) is 8.45. The zero-order valence-electron chi connectivity index (χ0n) is 18.8. The summed E-state index contributed by atoms with van der Waals surface area (Å²) in [6.45, 7) is 5.64. The van der Waals surface area contributed by atoms with Gasteiger partial charge >= 0.3 is 0 Å². The molecule has 0 bridgehead atoms. The Morgan fingerprint density at radius 1 is 0.593 bits per heavy atom. The number of halogens is 1. The van der Waals surface area contributed by atoms with E-state index in [2.05, 4.69) is 45.0 Å². The number of rotatable bonds is 15. The number of hydrogen-bond donors (Lipinski definition) is 0. The summed E-state index contributed by atoms with van der Waals surface area (Å²) in [4.78, 5) is 2.29. The number of benzene rings is 1. The fraction of sp³-hybridized carbons (Fsp3) is 0.760. The van der Waals surface area contributed by atoms with Crippen LogP contribution >= 0.6 is 12.4 Å². The second-order valence-electron chi connectivity index (χ2n) is 8.05. The van der Waals surface area contributed by atoms with Gasteiger partial charge in [0.2, 0.25) is 0 Å². The molecule has 1 rings (SSSR count).